The molecule has 1 fully saturated rings. The van der Waals surface area contributed by atoms with Crippen molar-refractivity contribution in [3.05, 3.63) is 35.4 Å². The number of fused-ring (bicyclic) bond motifs is 1. The Balaban J connectivity index is 1.40. The fourth-order valence-corrected chi connectivity index (χ4v) is 3.32. The van der Waals surface area contributed by atoms with E-state index >= 15 is 0 Å². The van der Waals surface area contributed by atoms with Gasteiger partial charge in [0, 0.05) is 32.6 Å². The van der Waals surface area contributed by atoms with Crippen LogP contribution in [-0.4, -0.2) is 43.0 Å². The molecule has 1 aromatic carbocycles. The van der Waals surface area contributed by atoms with Gasteiger partial charge in [-0.15, -0.1) is 0 Å². The van der Waals surface area contributed by atoms with Crippen molar-refractivity contribution in [2.24, 2.45) is 5.92 Å². The van der Waals surface area contributed by atoms with Crippen molar-refractivity contribution in [3.8, 4) is 0 Å². The van der Waals surface area contributed by atoms with Gasteiger partial charge in [-0.25, -0.2) is 4.79 Å². The van der Waals surface area contributed by atoms with E-state index in [9.17, 15) is 9.59 Å². The molecule has 118 valence electrons. The van der Waals surface area contributed by atoms with Crippen molar-refractivity contribution in [1.82, 2.24) is 15.5 Å². The molecule has 3 rings (SSSR count). The maximum Gasteiger partial charge on any atom is 0.317 e. The van der Waals surface area contributed by atoms with Crippen LogP contribution in [0.25, 0.3) is 0 Å². The quantitative estimate of drug-likeness (QED) is 0.884. The first-order valence-corrected chi connectivity index (χ1v) is 8.08. The molecule has 1 aromatic rings. The summed E-state index contributed by atoms with van der Waals surface area (Å²) in [4.78, 5) is 25.1. The SMILES string of the molecule is O=C1CCN(C(=O)NCCC2Cc3ccccc3C2)CCN1. The van der Waals surface area contributed by atoms with Gasteiger partial charge in [0.1, 0.15) is 0 Å². The van der Waals surface area contributed by atoms with E-state index in [-0.39, 0.29) is 11.9 Å². The zero-order valence-corrected chi connectivity index (χ0v) is 12.8. The highest BCUT2D eigenvalue weighted by Gasteiger charge is 2.22. The Kier molecular flexibility index (Phi) is 4.61. The number of amides is 3. The Morgan fingerprint density at radius 1 is 1.23 bits per heavy atom. The van der Waals surface area contributed by atoms with Gasteiger partial charge in [-0.2, -0.15) is 0 Å². The van der Waals surface area contributed by atoms with Crippen LogP contribution in [0.2, 0.25) is 0 Å². The Labute approximate surface area is 131 Å². The van der Waals surface area contributed by atoms with Crippen LogP contribution in [0.3, 0.4) is 0 Å². The lowest BCUT2D eigenvalue weighted by molar-refractivity contribution is -0.120. The summed E-state index contributed by atoms with van der Waals surface area (Å²) < 4.78 is 0. The Morgan fingerprint density at radius 3 is 2.68 bits per heavy atom. The lowest BCUT2D eigenvalue weighted by Gasteiger charge is -2.20. The summed E-state index contributed by atoms with van der Waals surface area (Å²) in [6.45, 7) is 2.35. The predicted molar refractivity (Wildman–Crippen MR) is 84.6 cm³/mol. The van der Waals surface area contributed by atoms with Crippen LogP contribution in [0.4, 0.5) is 4.79 Å². The van der Waals surface area contributed by atoms with Gasteiger partial charge in [0.05, 0.1) is 0 Å². The van der Waals surface area contributed by atoms with Crippen LogP contribution in [0.1, 0.15) is 24.0 Å². The molecule has 2 aliphatic rings. The average Bonchev–Trinajstić information content (AvgIpc) is 2.80. The van der Waals surface area contributed by atoms with Crippen molar-refractivity contribution in [1.29, 1.82) is 0 Å². The summed E-state index contributed by atoms with van der Waals surface area (Å²) in [5, 5.41) is 5.78. The lowest BCUT2D eigenvalue weighted by atomic mass is 10.0. The van der Waals surface area contributed by atoms with Crippen molar-refractivity contribution in [2.75, 3.05) is 26.2 Å². The second-order valence-corrected chi connectivity index (χ2v) is 6.15. The summed E-state index contributed by atoms with van der Waals surface area (Å²) >= 11 is 0. The van der Waals surface area contributed by atoms with Crippen molar-refractivity contribution >= 4 is 11.9 Å². The molecule has 3 amide bonds. The van der Waals surface area contributed by atoms with E-state index in [2.05, 4.69) is 34.9 Å². The molecule has 0 aromatic heterocycles. The van der Waals surface area contributed by atoms with Crippen molar-refractivity contribution in [3.63, 3.8) is 0 Å². The number of nitrogens with zero attached hydrogens (tertiary/aromatic N) is 1. The topological polar surface area (TPSA) is 61.4 Å². The minimum Gasteiger partial charge on any atom is -0.354 e. The monoisotopic (exact) mass is 301 g/mol. The minimum absolute atomic E-state index is 0.0269. The van der Waals surface area contributed by atoms with E-state index in [0.717, 1.165) is 19.3 Å². The standard InChI is InChI=1S/C17H23N3O2/c21-16-6-9-20(10-8-18-16)17(22)19-7-5-13-11-14-3-1-2-4-15(14)12-13/h1-4,13H,5-12H2,(H,18,21)(H,19,22). The molecule has 2 N–H and O–H groups in total. The zero-order chi connectivity index (χ0) is 15.4. The molecule has 1 heterocycles. The highest BCUT2D eigenvalue weighted by atomic mass is 16.2. The first-order chi connectivity index (χ1) is 10.7. The molecule has 0 atom stereocenters. The van der Waals surface area contributed by atoms with Gasteiger partial charge in [-0.05, 0) is 36.3 Å². The fraction of sp³-hybridized carbons (Fsp3) is 0.529. The van der Waals surface area contributed by atoms with Gasteiger partial charge in [0.15, 0.2) is 0 Å². The Hall–Kier alpha value is -2.04. The van der Waals surface area contributed by atoms with E-state index in [1.165, 1.54) is 11.1 Å². The first kappa shape index (κ1) is 14.9. The molecule has 22 heavy (non-hydrogen) atoms. The number of urea groups is 1. The molecule has 5 heteroatoms. The van der Waals surface area contributed by atoms with Crippen LogP contribution >= 0.6 is 0 Å². The van der Waals surface area contributed by atoms with E-state index in [4.69, 9.17) is 0 Å². The number of hydrogen-bond donors (Lipinski definition) is 2. The molecule has 1 aliphatic carbocycles. The summed E-state index contributed by atoms with van der Waals surface area (Å²) in [5.74, 6) is 0.657. The molecule has 0 bridgehead atoms. The molecule has 5 nitrogen and oxygen atoms in total. The van der Waals surface area contributed by atoms with Gasteiger partial charge < -0.3 is 15.5 Å². The third-order valence-electron chi connectivity index (χ3n) is 4.56. The predicted octanol–water partition coefficient (Wildman–Crippen LogP) is 1.32. The normalized spacial score (nSPS) is 18.5. The number of nitrogens with one attached hydrogen (secondary N) is 2. The second kappa shape index (κ2) is 6.81. The van der Waals surface area contributed by atoms with Crippen LogP contribution in [0.5, 0.6) is 0 Å². The molecule has 0 saturated carbocycles. The fourth-order valence-electron chi connectivity index (χ4n) is 3.32. The highest BCUT2D eigenvalue weighted by Crippen LogP contribution is 2.28. The lowest BCUT2D eigenvalue weighted by Crippen LogP contribution is -2.42. The van der Waals surface area contributed by atoms with Crippen molar-refractivity contribution in [2.45, 2.75) is 25.7 Å². The number of carbonyl (C=O) groups is 2. The van der Waals surface area contributed by atoms with E-state index in [1.54, 1.807) is 4.90 Å². The summed E-state index contributed by atoms with van der Waals surface area (Å²) in [6, 6.07) is 8.55. The van der Waals surface area contributed by atoms with Crippen molar-refractivity contribution < 1.29 is 9.59 Å². The highest BCUT2D eigenvalue weighted by molar-refractivity contribution is 5.79. The van der Waals surface area contributed by atoms with Gasteiger partial charge in [0.25, 0.3) is 0 Å². The van der Waals surface area contributed by atoms with E-state index < -0.39 is 0 Å². The smallest absolute Gasteiger partial charge is 0.317 e. The average molecular weight is 301 g/mol. The molecular formula is C17H23N3O2. The maximum atomic E-state index is 12.1. The molecule has 0 spiro atoms. The number of carbonyl (C=O) groups excluding carboxylic acids is 2. The van der Waals surface area contributed by atoms with Crippen LogP contribution in [0.15, 0.2) is 24.3 Å². The van der Waals surface area contributed by atoms with Crippen LogP contribution in [-0.2, 0) is 17.6 Å². The Morgan fingerprint density at radius 2 is 1.95 bits per heavy atom. The summed E-state index contributed by atoms with van der Waals surface area (Å²) in [6.07, 6.45) is 3.64. The summed E-state index contributed by atoms with van der Waals surface area (Å²) in [7, 11) is 0. The number of benzene rings is 1. The minimum atomic E-state index is -0.0491. The largest absolute Gasteiger partial charge is 0.354 e. The molecule has 1 saturated heterocycles. The maximum absolute atomic E-state index is 12.1. The van der Waals surface area contributed by atoms with Gasteiger partial charge in [0.2, 0.25) is 5.91 Å². The molecule has 0 unspecified atom stereocenters. The first-order valence-electron chi connectivity index (χ1n) is 8.08. The van der Waals surface area contributed by atoms with E-state index in [0.29, 0.717) is 38.5 Å². The summed E-state index contributed by atoms with van der Waals surface area (Å²) in [5.41, 5.74) is 2.91. The third kappa shape index (κ3) is 3.59. The van der Waals surface area contributed by atoms with Gasteiger partial charge >= 0.3 is 6.03 Å². The second-order valence-electron chi connectivity index (χ2n) is 6.15. The molecule has 0 radical (unpaired) electrons. The Bertz CT molecular complexity index is 534. The van der Waals surface area contributed by atoms with Crippen LogP contribution < -0.4 is 10.6 Å². The number of hydrogen-bond acceptors (Lipinski definition) is 2. The molecule has 1 aliphatic heterocycles. The number of rotatable bonds is 3. The third-order valence-corrected chi connectivity index (χ3v) is 4.56. The van der Waals surface area contributed by atoms with Gasteiger partial charge in [-0.3, -0.25) is 4.79 Å². The zero-order valence-electron chi connectivity index (χ0n) is 12.8. The van der Waals surface area contributed by atoms with Crippen LogP contribution in [0, 0.1) is 5.92 Å². The van der Waals surface area contributed by atoms with E-state index in [1.807, 2.05) is 0 Å². The van der Waals surface area contributed by atoms with Gasteiger partial charge in [-0.1, -0.05) is 24.3 Å². The molecular weight excluding hydrogens is 278 g/mol.